The third-order valence-electron chi connectivity index (χ3n) is 11.6. The van der Waals surface area contributed by atoms with Crippen LogP contribution in [-0.2, 0) is 54.0 Å². The van der Waals surface area contributed by atoms with Gasteiger partial charge in [0.15, 0.2) is 12.7 Å². The zero-order valence-electron chi connectivity index (χ0n) is 42.6. The van der Waals surface area contributed by atoms with E-state index in [1.54, 1.807) is 0 Å². The Morgan fingerprint density at radius 3 is 1.97 bits per heavy atom. The number of carbonyl (C=O) groups is 1. The largest absolute Gasteiger partial charge is 0.377 e. The van der Waals surface area contributed by atoms with E-state index in [0.29, 0.717) is 132 Å². The molecule has 1 amide bonds. The van der Waals surface area contributed by atoms with Crippen LogP contribution < -0.4 is 25.7 Å². The number of nitrogens with zero attached hydrogens (tertiary/aromatic N) is 4. The maximum atomic E-state index is 12.4. The average molecular weight is 1020 g/mol. The van der Waals surface area contributed by atoms with E-state index in [0.717, 1.165) is 55.5 Å². The number of fused-ring (bicyclic) bond motifs is 2. The van der Waals surface area contributed by atoms with Gasteiger partial charge in [0.05, 0.1) is 181 Å². The van der Waals surface area contributed by atoms with E-state index in [9.17, 15) is 9.18 Å². The van der Waals surface area contributed by atoms with Crippen molar-refractivity contribution in [3.8, 4) is 0 Å². The number of carbonyl (C=O) groups excluding carboxylic acids is 1. The lowest BCUT2D eigenvalue weighted by atomic mass is 10.1. The second-order valence-corrected chi connectivity index (χ2v) is 18.8. The fraction of sp³-hybridized carbons (Fsp3) is 0.615. The molecule has 0 bridgehead atoms. The number of anilines is 1. The lowest BCUT2D eigenvalue weighted by molar-refractivity contribution is -0.892. The van der Waals surface area contributed by atoms with Crippen molar-refractivity contribution < 1.29 is 60.9 Å². The number of halogens is 1. The Kier molecular flexibility index (Phi) is 28.8. The van der Waals surface area contributed by atoms with Crippen molar-refractivity contribution in [2.75, 3.05) is 178 Å². The molecule has 17 nitrogen and oxygen atoms in total. The van der Waals surface area contributed by atoms with Gasteiger partial charge in [-0.05, 0) is 49.1 Å². The molecule has 0 saturated carbocycles. The summed E-state index contributed by atoms with van der Waals surface area (Å²) < 4.78 is 64.8. The summed E-state index contributed by atoms with van der Waals surface area (Å²) in [6.45, 7) is 11.9. The summed E-state index contributed by atoms with van der Waals surface area (Å²) in [4.78, 5) is 16.0. The van der Waals surface area contributed by atoms with E-state index in [2.05, 4.69) is 114 Å². The second kappa shape index (κ2) is 35.2. The molecular formula is C52H82FN7O10S+2. The highest BCUT2D eigenvalue weighted by Gasteiger charge is 2.23. The smallest absolute Gasteiger partial charge is 0.220 e. The number of pyridine rings is 1. The number of para-hydroxylation sites is 2. The number of nitrogens with one attached hydrogen (secondary N) is 3. The normalized spacial score (nSPS) is 14.2. The highest BCUT2D eigenvalue weighted by molar-refractivity contribution is 8.03. The van der Waals surface area contributed by atoms with Crippen molar-refractivity contribution in [1.82, 2.24) is 21.3 Å². The summed E-state index contributed by atoms with van der Waals surface area (Å²) >= 11 is 1.83. The number of thioether (sulfide) groups is 1. The van der Waals surface area contributed by atoms with Crippen LogP contribution in [0.3, 0.4) is 0 Å². The summed E-state index contributed by atoms with van der Waals surface area (Å²) in [7, 11) is 6.78. The molecule has 5 rings (SSSR count). The van der Waals surface area contributed by atoms with Gasteiger partial charge in [0, 0.05) is 43.2 Å². The van der Waals surface area contributed by atoms with Crippen molar-refractivity contribution in [3.63, 3.8) is 0 Å². The van der Waals surface area contributed by atoms with Gasteiger partial charge in [-0.15, -0.1) is 5.53 Å². The van der Waals surface area contributed by atoms with Crippen LogP contribution in [0.4, 0.5) is 10.1 Å². The Hall–Kier alpha value is -3.96. The number of hydrogen-bond acceptors (Lipinski definition) is 15. The molecule has 2 aromatic carbocycles. The Morgan fingerprint density at radius 2 is 1.30 bits per heavy atom. The first kappa shape index (κ1) is 57.9. The molecule has 3 heterocycles. The Balaban J connectivity index is 0.741. The van der Waals surface area contributed by atoms with Crippen LogP contribution in [0, 0.1) is 0 Å². The van der Waals surface area contributed by atoms with Crippen molar-refractivity contribution in [3.05, 3.63) is 83.3 Å². The monoisotopic (exact) mass is 1010 g/mol. The van der Waals surface area contributed by atoms with Gasteiger partial charge in [-0.2, -0.15) is 4.57 Å². The number of amides is 1. The predicted molar refractivity (Wildman–Crippen MR) is 275 cm³/mol. The van der Waals surface area contributed by atoms with E-state index >= 15 is 0 Å². The second-order valence-electron chi connectivity index (χ2n) is 17.7. The maximum Gasteiger partial charge on any atom is 0.220 e. The molecule has 0 aliphatic carbocycles. The van der Waals surface area contributed by atoms with Crippen LogP contribution in [0.2, 0.25) is 0 Å². The Bertz CT molecular complexity index is 2000. The van der Waals surface area contributed by atoms with E-state index in [1.165, 1.54) is 32.1 Å². The van der Waals surface area contributed by atoms with Crippen LogP contribution in [0.15, 0.2) is 82.6 Å². The number of benzene rings is 2. The molecule has 71 heavy (non-hydrogen) atoms. The molecule has 0 saturated heterocycles. The maximum absolute atomic E-state index is 12.4. The lowest BCUT2D eigenvalue weighted by Crippen LogP contribution is -2.44. The predicted octanol–water partition coefficient (Wildman–Crippen LogP) is 5.10. The number of unbranched alkanes of at least 4 members (excludes halogenated alkanes) is 2. The molecule has 19 heteroatoms. The molecule has 0 atom stereocenters. The van der Waals surface area contributed by atoms with Gasteiger partial charge in [0.25, 0.3) is 0 Å². The SMILES string of the molecule is CN1/C(=C/c2cc[n+](CCC[N+](C)(C)CCCCCC(=O)NCCOCCOCCOCCOCCOCCOCCN3C=C(COCCOCCOCC[18F])NN3)c3ccccc23)Sc2ccccc21. The molecule has 396 valence electrons. The zero-order valence-corrected chi connectivity index (χ0v) is 43.4. The third-order valence-corrected chi connectivity index (χ3v) is 12.8. The van der Waals surface area contributed by atoms with Gasteiger partial charge < -0.3 is 62.8 Å². The minimum absolute atomic E-state index is 0.0792. The van der Waals surface area contributed by atoms with Crippen LogP contribution in [0.25, 0.3) is 17.0 Å². The first-order valence-electron chi connectivity index (χ1n) is 25.3. The molecular weight excluding hydrogens is 933 g/mol. The summed E-state index contributed by atoms with van der Waals surface area (Å²) in [6.07, 6.45) is 11.2. The van der Waals surface area contributed by atoms with Crippen molar-refractivity contribution >= 4 is 40.3 Å². The van der Waals surface area contributed by atoms with Gasteiger partial charge >= 0.3 is 0 Å². The molecule has 2 aliphatic rings. The molecule has 3 N–H and O–H groups in total. The first-order valence-corrected chi connectivity index (χ1v) is 26.1. The number of aryl methyl sites for hydroxylation is 1. The number of ether oxygens (including phenoxy) is 9. The van der Waals surface area contributed by atoms with E-state index in [-0.39, 0.29) is 12.5 Å². The van der Waals surface area contributed by atoms with Crippen molar-refractivity contribution in [2.24, 2.45) is 0 Å². The lowest BCUT2D eigenvalue weighted by Gasteiger charge is -2.29. The molecule has 0 spiro atoms. The Morgan fingerprint density at radius 1 is 0.704 bits per heavy atom. The summed E-state index contributed by atoms with van der Waals surface area (Å²) in [5, 5.41) is 7.37. The van der Waals surface area contributed by atoms with Gasteiger partial charge in [0.1, 0.15) is 6.67 Å². The Labute approximate surface area is 425 Å². The van der Waals surface area contributed by atoms with Crippen molar-refractivity contribution in [2.45, 2.75) is 43.5 Å². The fourth-order valence-electron chi connectivity index (χ4n) is 7.77. The minimum atomic E-state index is -0.483. The summed E-state index contributed by atoms with van der Waals surface area (Å²) in [5.74, 6) is 0.0792. The van der Waals surface area contributed by atoms with Crippen LogP contribution in [0.1, 0.15) is 37.7 Å². The quantitative estimate of drug-likeness (QED) is 0.0393. The van der Waals surface area contributed by atoms with E-state index < -0.39 is 6.67 Å². The highest BCUT2D eigenvalue weighted by Crippen LogP contribution is 2.45. The number of quaternary nitrogens is 1. The van der Waals surface area contributed by atoms with Gasteiger partial charge in [0.2, 0.25) is 11.4 Å². The molecule has 0 unspecified atom stereocenters. The number of rotatable bonds is 42. The number of hydrazine groups is 2. The first-order chi connectivity index (χ1) is 34.8. The minimum Gasteiger partial charge on any atom is -0.377 e. The van der Waals surface area contributed by atoms with E-state index in [4.69, 9.17) is 42.6 Å². The zero-order chi connectivity index (χ0) is 50.0. The molecule has 1 aromatic heterocycles. The number of aromatic nitrogens is 1. The number of hydrogen-bond donors (Lipinski definition) is 3. The van der Waals surface area contributed by atoms with Gasteiger partial charge in [-0.3, -0.25) is 9.80 Å². The highest BCUT2D eigenvalue weighted by atomic mass is 32.2. The van der Waals surface area contributed by atoms with Crippen molar-refractivity contribution in [1.29, 1.82) is 0 Å². The molecule has 0 radical (unpaired) electrons. The van der Waals surface area contributed by atoms with Crippen LogP contribution >= 0.6 is 11.8 Å². The van der Waals surface area contributed by atoms with Crippen LogP contribution in [0.5, 0.6) is 0 Å². The van der Waals surface area contributed by atoms with Gasteiger partial charge in [-0.1, -0.05) is 36.0 Å². The topological polar surface area (TPSA) is 147 Å². The molecule has 0 fully saturated rings. The molecule has 3 aromatic rings. The standard InChI is InChI=1S/C52H81FN7O10S/c1-57-49-14-8-9-15-50(49)71-52(57)42-45-17-21-58(48-13-7-6-12-47(45)48)20-11-24-60(2,3)23-10-4-5-16-51(61)54-19-26-63-29-32-65-34-36-67-38-39-68-37-35-66-33-30-64-27-22-59-43-46(55-56-59)44-70-41-40-69-31-28-62-25-18-53/h6-9,12-15,17,21,42-43,55-56H,4-5,10-11,16,18-20,22-41,44H2,1-3H3/q+1/p+1/i53-1. The number of alkyl halides is 1. The van der Waals surface area contributed by atoms with Crippen LogP contribution in [-0.4, -0.2) is 188 Å². The third kappa shape index (κ3) is 23.6. The fourth-order valence-corrected chi connectivity index (χ4v) is 8.88. The van der Waals surface area contributed by atoms with Gasteiger partial charge in [-0.25, -0.2) is 4.39 Å². The van der Waals surface area contributed by atoms with E-state index in [1.807, 2.05) is 23.0 Å². The summed E-state index contributed by atoms with van der Waals surface area (Å²) in [5.41, 5.74) is 10.8. The average Bonchev–Trinajstić information content (AvgIpc) is 3.96. The summed E-state index contributed by atoms with van der Waals surface area (Å²) in [6, 6.07) is 19.6. The molecule has 2 aliphatic heterocycles.